The van der Waals surface area contributed by atoms with Gasteiger partial charge in [-0.1, -0.05) is 11.6 Å². The maximum Gasteiger partial charge on any atom is 0.196 e. The van der Waals surface area contributed by atoms with Gasteiger partial charge in [-0.15, -0.1) is 0 Å². The summed E-state index contributed by atoms with van der Waals surface area (Å²) in [6.45, 7) is 0. The number of methoxy groups -OCH3 is 2. The molecule has 0 aliphatic carbocycles. The van der Waals surface area contributed by atoms with Gasteiger partial charge in [0.2, 0.25) is 0 Å². The highest BCUT2D eigenvalue weighted by molar-refractivity contribution is 6.30. The van der Waals surface area contributed by atoms with Crippen LogP contribution in [0.4, 0.5) is 8.78 Å². The molecule has 0 atom stereocenters. The third-order valence-electron chi connectivity index (χ3n) is 2.90. The van der Waals surface area contributed by atoms with Gasteiger partial charge in [0, 0.05) is 5.56 Å². The second-order valence-electron chi connectivity index (χ2n) is 4.15. The summed E-state index contributed by atoms with van der Waals surface area (Å²) in [6.07, 6.45) is 0. The second kappa shape index (κ2) is 6.10. The van der Waals surface area contributed by atoms with Crippen LogP contribution in [-0.2, 0) is 0 Å². The van der Waals surface area contributed by atoms with E-state index in [1.165, 1.54) is 32.4 Å². The summed E-state index contributed by atoms with van der Waals surface area (Å²) in [7, 11) is 2.86. The molecule has 2 aromatic carbocycles. The van der Waals surface area contributed by atoms with Crippen LogP contribution >= 0.6 is 11.6 Å². The molecule has 0 spiro atoms. The summed E-state index contributed by atoms with van der Waals surface area (Å²) in [4.78, 5) is 12.3. The molecule has 0 saturated heterocycles. The number of ketones is 1. The molecule has 6 heteroatoms. The lowest BCUT2D eigenvalue weighted by atomic mass is 10.0. The van der Waals surface area contributed by atoms with Crippen molar-refractivity contribution in [2.75, 3.05) is 14.2 Å². The molecule has 0 saturated carbocycles. The molecule has 0 fully saturated rings. The summed E-state index contributed by atoms with van der Waals surface area (Å²) < 4.78 is 37.3. The number of hydrogen-bond donors (Lipinski definition) is 0. The van der Waals surface area contributed by atoms with Crippen LogP contribution in [0, 0.1) is 11.6 Å². The molecule has 0 bridgehead atoms. The monoisotopic (exact) mass is 312 g/mol. The van der Waals surface area contributed by atoms with Crippen LogP contribution in [0.2, 0.25) is 5.02 Å². The molecule has 0 N–H and O–H groups in total. The molecule has 0 unspecified atom stereocenters. The first-order valence-electron chi connectivity index (χ1n) is 5.89. The highest BCUT2D eigenvalue weighted by atomic mass is 35.5. The smallest absolute Gasteiger partial charge is 0.196 e. The lowest BCUT2D eigenvalue weighted by molar-refractivity contribution is 0.103. The minimum absolute atomic E-state index is 0.147. The van der Waals surface area contributed by atoms with Gasteiger partial charge in [-0.05, 0) is 30.3 Å². The molecule has 0 aliphatic heterocycles. The summed E-state index contributed by atoms with van der Waals surface area (Å²) in [5.41, 5.74) is -0.252. The fraction of sp³-hybridized carbons (Fsp3) is 0.133. The van der Waals surface area contributed by atoms with Crippen molar-refractivity contribution in [2.45, 2.75) is 0 Å². The topological polar surface area (TPSA) is 35.5 Å². The van der Waals surface area contributed by atoms with Gasteiger partial charge in [0.1, 0.15) is 11.6 Å². The molecule has 21 heavy (non-hydrogen) atoms. The minimum atomic E-state index is -0.888. The van der Waals surface area contributed by atoms with Gasteiger partial charge in [-0.3, -0.25) is 4.79 Å². The van der Waals surface area contributed by atoms with Crippen molar-refractivity contribution < 1.29 is 23.0 Å². The van der Waals surface area contributed by atoms with Crippen molar-refractivity contribution in [1.82, 2.24) is 0 Å². The number of benzene rings is 2. The molecule has 0 aliphatic rings. The van der Waals surface area contributed by atoms with E-state index in [0.29, 0.717) is 11.5 Å². The Labute approximate surface area is 125 Å². The molecule has 2 aromatic rings. The van der Waals surface area contributed by atoms with Gasteiger partial charge >= 0.3 is 0 Å². The Kier molecular flexibility index (Phi) is 4.43. The number of hydrogen-bond acceptors (Lipinski definition) is 3. The van der Waals surface area contributed by atoms with Gasteiger partial charge in [0.15, 0.2) is 17.3 Å². The van der Waals surface area contributed by atoms with Crippen LogP contribution in [0.1, 0.15) is 15.9 Å². The van der Waals surface area contributed by atoms with Crippen molar-refractivity contribution in [1.29, 1.82) is 0 Å². The fourth-order valence-corrected chi connectivity index (χ4v) is 1.98. The highest BCUT2D eigenvalue weighted by Gasteiger charge is 2.18. The number of halogens is 3. The van der Waals surface area contributed by atoms with Gasteiger partial charge in [0.05, 0.1) is 24.8 Å². The lowest BCUT2D eigenvalue weighted by Crippen LogP contribution is -2.06. The van der Waals surface area contributed by atoms with Crippen LogP contribution < -0.4 is 9.47 Å². The fourth-order valence-electron chi connectivity index (χ4n) is 1.83. The van der Waals surface area contributed by atoms with Gasteiger partial charge in [-0.25, -0.2) is 8.78 Å². The van der Waals surface area contributed by atoms with E-state index < -0.39 is 23.0 Å². The van der Waals surface area contributed by atoms with Crippen molar-refractivity contribution in [3.8, 4) is 11.5 Å². The van der Waals surface area contributed by atoms with Crippen molar-refractivity contribution in [3.05, 3.63) is 58.1 Å². The molecule has 0 amide bonds. The van der Waals surface area contributed by atoms with Gasteiger partial charge in [-0.2, -0.15) is 0 Å². The van der Waals surface area contributed by atoms with E-state index in [1.54, 1.807) is 0 Å². The van der Waals surface area contributed by atoms with Crippen LogP contribution in [0.3, 0.4) is 0 Å². The Morgan fingerprint density at radius 1 is 1.00 bits per heavy atom. The van der Waals surface area contributed by atoms with Crippen molar-refractivity contribution in [2.24, 2.45) is 0 Å². The van der Waals surface area contributed by atoms with Gasteiger partial charge in [0.25, 0.3) is 0 Å². The molecular weight excluding hydrogens is 302 g/mol. The Morgan fingerprint density at radius 3 is 2.29 bits per heavy atom. The van der Waals surface area contributed by atoms with Gasteiger partial charge < -0.3 is 9.47 Å². The molecule has 0 heterocycles. The number of ether oxygens (including phenoxy) is 2. The number of carbonyl (C=O) groups is 1. The predicted molar refractivity (Wildman–Crippen MR) is 74.3 cm³/mol. The standard InChI is InChI=1S/C15H11ClF2O3/c1-20-13-4-3-8(5-14(13)21-2)15(19)9-6-12(18)10(16)7-11(9)17/h3-7H,1-2H3. The van der Waals surface area contributed by atoms with Crippen LogP contribution in [-0.4, -0.2) is 20.0 Å². The number of carbonyl (C=O) groups excluding carboxylic acids is 1. The first-order valence-corrected chi connectivity index (χ1v) is 6.27. The first kappa shape index (κ1) is 15.3. The minimum Gasteiger partial charge on any atom is -0.493 e. The molecule has 0 aromatic heterocycles. The third kappa shape index (κ3) is 2.97. The zero-order valence-electron chi connectivity index (χ0n) is 11.2. The van der Waals surface area contributed by atoms with Crippen molar-refractivity contribution >= 4 is 17.4 Å². The maximum absolute atomic E-state index is 13.8. The largest absolute Gasteiger partial charge is 0.493 e. The zero-order chi connectivity index (χ0) is 15.6. The Morgan fingerprint density at radius 2 is 1.67 bits per heavy atom. The average Bonchev–Trinajstić information content (AvgIpc) is 2.49. The van der Waals surface area contributed by atoms with Crippen molar-refractivity contribution in [3.63, 3.8) is 0 Å². The maximum atomic E-state index is 13.8. The van der Waals surface area contributed by atoms with Crippen LogP contribution in [0.25, 0.3) is 0 Å². The molecule has 2 rings (SSSR count). The zero-order valence-corrected chi connectivity index (χ0v) is 12.0. The normalized spacial score (nSPS) is 10.3. The van der Waals surface area contributed by atoms with E-state index >= 15 is 0 Å². The van der Waals surface area contributed by atoms with E-state index in [9.17, 15) is 13.6 Å². The highest BCUT2D eigenvalue weighted by Crippen LogP contribution is 2.29. The van der Waals surface area contributed by atoms with E-state index in [0.717, 1.165) is 12.1 Å². The predicted octanol–water partition coefficient (Wildman–Crippen LogP) is 3.87. The SMILES string of the molecule is COc1ccc(C(=O)c2cc(F)c(Cl)cc2F)cc1OC. The Hall–Kier alpha value is -2.14. The van der Waals surface area contributed by atoms with E-state index in [2.05, 4.69) is 0 Å². The first-order chi connectivity index (χ1) is 9.97. The lowest BCUT2D eigenvalue weighted by Gasteiger charge is -2.09. The third-order valence-corrected chi connectivity index (χ3v) is 3.19. The summed E-state index contributed by atoms with van der Waals surface area (Å²) in [5, 5.41) is -0.378. The number of rotatable bonds is 4. The summed E-state index contributed by atoms with van der Waals surface area (Å²) in [5.74, 6) is -1.68. The molecular formula is C15H11ClF2O3. The Balaban J connectivity index is 2.47. The quantitative estimate of drug-likeness (QED) is 0.635. The van der Waals surface area contributed by atoms with Crippen LogP contribution in [0.5, 0.6) is 11.5 Å². The molecule has 110 valence electrons. The van der Waals surface area contributed by atoms with E-state index in [-0.39, 0.29) is 10.6 Å². The summed E-state index contributed by atoms with van der Waals surface area (Å²) in [6, 6.07) is 5.89. The molecule has 3 nitrogen and oxygen atoms in total. The average molecular weight is 313 g/mol. The Bertz CT molecular complexity index is 702. The second-order valence-corrected chi connectivity index (χ2v) is 4.55. The molecule has 0 radical (unpaired) electrons. The van der Waals surface area contributed by atoms with E-state index in [1.807, 2.05) is 0 Å². The summed E-state index contributed by atoms with van der Waals surface area (Å²) >= 11 is 5.46. The van der Waals surface area contributed by atoms with E-state index in [4.69, 9.17) is 21.1 Å². The van der Waals surface area contributed by atoms with Crippen LogP contribution in [0.15, 0.2) is 30.3 Å².